The number of halogens is 4. The van der Waals surface area contributed by atoms with Crippen molar-refractivity contribution in [2.24, 2.45) is 0 Å². The number of esters is 1. The fraction of sp³-hybridized carbons (Fsp3) is 0.176. The van der Waals surface area contributed by atoms with E-state index in [4.69, 9.17) is 4.74 Å². The summed E-state index contributed by atoms with van der Waals surface area (Å²) < 4.78 is 45.6. The van der Waals surface area contributed by atoms with Crippen LogP contribution in [0.5, 0.6) is 0 Å². The number of ether oxygens (including phenoxy) is 1. The van der Waals surface area contributed by atoms with Crippen molar-refractivity contribution < 1.29 is 22.7 Å². The van der Waals surface area contributed by atoms with E-state index in [-0.39, 0.29) is 12.1 Å². The molecule has 0 aliphatic carbocycles. The molecule has 0 spiro atoms. The number of methoxy groups -OCH3 is 1. The van der Waals surface area contributed by atoms with E-state index < -0.39 is 17.7 Å². The Bertz CT molecular complexity index is 951. The fourth-order valence-corrected chi connectivity index (χ4v) is 3.08. The van der Waals surface area contributed by atoms with Gasteiger partial charge in [0.25, 0.3) is 0 Å². The van der Waals surface area contributed by atoms with Crippen LogP contribution < -0.4 is 0 Å². The largest absolute Gasteiger partial charge is 0.465 e. The van der Waals surface area contributed by atoms with E-state index in [0.717, 1.165) is 12.1 Å². The van der Waals surface area contributed by atoms with Gasteiger partial charge in [0.2, 0.25) is 0 Å². The Labute approximate surface area is 149 Å². The van der Waals surface area contributed by atoms with E-state index in [0.29, 0.717) is 20.9 Å². The number of benzene rings is 2. The smallest absolute Gasteiger partial charge is 0.416 e. The Balaban J connectivity index is 2.07. The van der Waals surface area contributed by atoms with Gasteiger partial charge >= 0.3 is 12.1 Å². The monoisotopic (exact) mass is 412 g/mol. The van der Waals surface area contributed by atoms with Gasteiger partial charge in [-0.05, 0) is 29.8 Å². The van der Waals surface area contributed by atoms with E-state index >= 15 is 0 Å². The summed E-state index contributed by atoms with van der Waals surface area (Å²) >= 11 is 3.32. The van der Waals surface area contributed by atoms with Crippen LogP contribution in [0.25, 0.3) is 10.9 Å². The molecule has 25 heavy (non-hydrogen) atoms. The van der Waals surface area contributed by atoms with Crippen molar-refractivity contribution in [3.63, 3.8) is 0 Å². The van der Waals surface area contributed by atoms with Crippen LogP contribution in [0.3, 0.4) is 0 Å². The summed E-state index contributed by atoms with van der Waals surface area (Å²) in [5.74, 6) is -0.544. The van der Waals surface area contributed by atoms with Gasteiger partial charge in [-0.2, -0.15) is 18.3 Å². The SMILES string of the molecule is COC(=O)c1cc(Br)cc2cnn(Cc3cccc(C(F)(F)F)c3)c12. The minimum Gasteiger partial charge on any atom is -0.465 e. The molecule has 0 unspecified atom stereocenters. The number of aromatic nitrogens is 2. The van der Waals surface area contributed by atoms with Gasteiger partial charge in [0, 0.05) is 9.86 Å². The molecule has 0 bridgehead atoms. The third kappa shape index (κ3) is 3.53. The Morgan fingerprint density at radius 1 is 1.28 bits per heavy atom. The van der Waals surface area contributed by atoms with Crippen molar-refractivity contribution in [3.05, 3.63) is 63.8 Å². The first-order chi connectivity index (χ1) is 11.8. The van der Waals surface area contributed by atoms with Crippen molar-refractivity contribution in [2.45, 2.75) is 12.7 Å². The molecule has 1 heterocycles. The summed E-state index contributed by atoms with van der Waals surface area (Å²) in [5.41, 5.74) is 0.500. The zero-order valence-corrected chi connectivity index (χ0v) is 14.6. The van der Waals surface area contributed by atoms with Gasteiger partial charge in [-0.25, -0.2) is 4.79 Å². The second kappa shape index (κ2) is 6.51. The first-order valence-electron chi connectivity index (χ1n) is 7.19. The third-order valence-electron chi connectivity index (χ3n) is 3.69. The number of carbonyl (C=O) groups is 1. The summed E-state index contributed by atoms with van der Waals surface area (Å²) in [6, 6.07) is 8.39. The number of carbonyl (C=O) groups excluding carboxylic acids is 1. The molecule has 0 saturated heterocycles. The molecule has 0 aliphatic heterocycles. The summed E-state index contributed by atoms with van der Waals surface area (Å²) in [5, 5.41) is 4.89. The second-order valence-corrected chi connectivity index (χ2v) is 6.30. The molecule has 3 rings (SSSR count). The van der Waals surface area contributed by atoms with Gasteiger partial charge in [-0.15, -0.1) is 0 Å². The topological polar surface area (TPSA) is 44.1 Å². The van der Waals surface area contributed by atoms with Gasteiger partial charge in [0.1, 0.15) is 0 Å². The van der Waals surface area contributed by atoms with Gasteiger partial charge in [-0.1, -0.05) is 28.1 Å². The van der Waals surface area contributed by atoms with Crippen LogP contribution in [0.4, 0.5) is 13.2 Å². The first-order valence-corrected chi connectivity index (χ1v) is 7.98. The number of rotatable bonds is 3. The lowest BCUT2D eigenvalue weighted by Gasteiger charge is -2.11. The predicted octanol–water partition coefficient (Wildman–Crippen LogP) is 4.65. The Morgan fingerprint density at radius 2 is 2.04 bits per heavy atom. The molecule has 0 N–H and O–H groups in total. The molecule has 0 saturated carbocycles. The van der Waals surface area contributed by atoms with Gasteiger partial charge in [-0.3, -0.25) is 4.68 Å². The van der Waals surface area contributed by atoms with Gasteiger partial charge < -0.3 is 4.74 Å². The molecule has 0 aliphatic rings. The summed E-state index contributed by atoms with van der Waals surface area (Å²) in [4.78, 5) is 12.0. The van der Waals surface area contributed by atoms with Crippen molar-refractivity contribution in [3.8, 4) is 0 Å². The zero-order valence-electron chi connectivity index (χ0n) is 13.0. The lowest BCUT2D eigenvalue weighted by Crippen LogP contribution is -2.09. The molecular formula is C17H12BrF3N2O2. The van der Waals surface area contributed by atoms with Crippen LogP contribution >= 0.6 is 15.9 Å². The van der Waals surface area contributed by atoms with Crippen molar-refractivity contribution in [1.82, 2.24) is 9.78 Å². The first kappa shape index (κ1) is 17.5. The highest BCUT2D eigenvalue weighted by Crippen LogP contribution is 2.30. The molecule has 0 fully saturated rings. The summed E-state index contributed by atoms with van der Waals surface area (Å²) in [6.45, 7) is 0.0963. The average Bonchev–Trinajstić information content (AvgIpc) is 2.95. The van der Waals surface area contributed by atoms with Gasteiger partial charge in [0.15, 0.2) is 0 Å². The molecular weight excluding hydrogens is 401 g/mol. The summed E-state index contributed by atoms with van der Waals surface area (Å²) in [7, 11) is 1.27. The normalized spacial score (nSPS) is 11.7. The van der Waals surface area contributed by atoms with Crippen LogP contribution in [-0.2, 0) is 17.5 Å². The Hall–Kier alpha value is -2.35. The third-order valence-corrected chi connectivity index (χ3v) is 4.15. The van der Waals surface area contributed by atoms with Crippen LogP contribution in [0.15, 0.2) is 47.1 Å². The van der Waals surface area contributed by atoms with Crippen molar-refractivity contribution in [2.75, 3.05) is 7.11 Å². The number of fused-ring (bicyclic) bond motifs is 1. The number of hydrogen-bond donors (Lipinski definition) is 0. The molecule has 1 aromatic heterocycles. The lowest BCUT2D eigenvalue weighted by molar-refractivity contribution is -0.137. The second-order valence-electron chi connectivity index (χ2n) is 5.38. The molecule has 2 aromatic carbocycles. The molecule has 0 atom stereocenters. The highest BCUT2D eigenvalue weighted by Gasteiger charge is 2.30. The predicted molar refractivity (Wildman–Crippen MR) is 89.3 cm³/mol. The maximum Gasteiger partial charge on any atom is 0.416 e. The van der Waals surface area contributed by atoms with Crippen LogP contribution in [0, 0.1) is 0 Å². The van der Waals surface area contributed by atoms with Gasteiger partial charge in [0.05, 0.1) is 36.5 Å². The molecule has 4 nitrogen and oxygen atoms in total. The average molecular weight is 413 g/mol. The number of nitrogens with zero attached hydrogens (tertiary/aromatic N) is 2. The maximum atomic E-state index is 12.9. The maximum absolute atomic E-state index is 12.9. The van der Waals surface area contributed by atoms with Crippen molar-refractivity contribution >= 4 is 32.8 Å². The molecule has 3 aromatic rings. The van der Waals surface area contributed by atoms with Crippen LogP contribution in [0.1, 0.15) is 21.5 Å². The summed E-state index contributed by atoms with van der Waals surface area (Å²) in [6.07, 6.45) is -2.86. The molecule has 130 valence electrons. The van der Waals surface area contributed by atoms with Crippen molar-refractivity contribution in [1.29, 1.82) is 0 Å². The highest BCUT2D eigenvalue weighted by molar-refractivity contribution is 9.10. The number of alkyl halides is 3. The minimum absolute atomic E-state index is 0.0963. The fourth-order valence-electron chi connectivity index (χ4n) is 2.60. The van der Waals surface area contributed by atoms with Crippen LogP contribution in [0.2, 0.25) is 0 Å². The lowest BCUT2D eigenvalue weighted by atomic mass is 10.1. The van der Waals surface area contributed by atoms with E-state index in [2.05, 4.69) is 21.0 Å². The van der Waals surface area contributed by atoms with E-state index in [1.165, 1.54) is 17.9 Å². The minimum atomic E-state index is -4.41. The number of hydrogen-bond acceptors (Lipinski definition) is 3. The molecule has 8 heteroatoms. The molecule has 0 radical (unpaired) electrons. The zero-order chi connectivity index (χ0) is 18.2. The standard InChI is InChI=1S/C17H12BrF3N2O2/c1-25-16(24)14-7-13(18)6-11-8-22-23(15(11)14)9-10-3-2-4-12(5-10)17(19,20)21/h2-8H,9H2,1H3. The van der Waals surface area contributed by atoms with E-state index in [1.807, 2.05) is 0 Å². The van der Waals surface area contributed by atoms with E-state index in [1.54, 1.807) is 24.4 Å². The van der Waals surface area contributed by atoms with E-state index in [9.17, 15) is 18.0 Å². The Kier molecular flexibility index (Phi) is 4.55. The highest BCUT2D eigenvalue weighted by atomic mass is 79.9. The Morgan fingerprint density at radius 3 is 2.72 bits per heavy atom. The van der Waals surface area contributed by atoms with Crippen LogP contribution in [-0.4, -0.2) is 22.9 Å². The quantitative estimate of drug-likeness (QED) is 0.588. The molecule has 0 amide bonds.